The number of rotatable bonds is 8. The van der Waals surface area contributed by atoms with Crippen molar-refractivity contribution < 1.29 is 25.7 Å². The highest BCUT2D eigenvalue weighted by Gasteiger charge is 2.41. The summed E-state index contributed by atoms with van der Waals surface area (Å²) >= 11 is 0. The zero-order chi connectivity index (χ0) is 32.4. The van der Waals surface area contributed by atoms with Crippen LogP contribution in [0.5, 0.6) is 0 Å². The molecular formula is C29H34N6O8S2. The molecule has 0 amide bonds. The fraction of sp³-hybridized carbons (Fsp3) is 0.414. The molecule has 0 spiro atoms. The first-order chi connectivity index (χ1) is 21.2. The van der Waals surface area contributed by atoms with Crippen molar-refractivity contribution in [3.8, 4) is 0 Å². The summed E-state index contributed by atoms with van der Waals surface area (Å²) in [5.74, 6) is -1.50. The zero-order valence-corrected chi connectivity index (χ0v) is 27.1. The predicted octanol–water partition coefficient (Wildman–Crippen LogP) is 3.71. The second-order valence-electron chi connectivity index (χ2n) is 11.8. The smallest absolute Gasteiger partial charge is 0.408 e. The summed E-state index contributed by atoms with van der Waals surface area (Å²) < 4.78 is 73.3. The monoisotopic (exact) mass is 658 g/mol. The molecule has 240 valence electrons. The van der Waals surface area contributed by atoms with Gasteiger partial charge in [-0.1, -0.05) is 0 Å². The van der Waals surface area contributed by atoms with Crippen molar-refractivity contribution in [2.45, 2.75) is 68.5 Å². The van der Waals surface area contributed by atoms with E-state index in [1.54, 1.807) is 27.7 Å². The first kappa shape index (κ1) is 30.9. The number of benzene rings is 2. The fourth-order valence-corrected chi connectivity index (χ4v) is 9.58. The van der Waals surface area contributed by atoms with E-state index in [4.69, 9.17) is 8.83 Å². The van der Waals surface area contributed by atoms with E-state index in [1.807, 2.05) is 7.05 Å². The lowest BCUT2D eigenvalue weighted by Gasteiger charge is -2.32. The van der Waals surface area contributed by atoms with Gasteiger partial charge in [0.15, 0.2) is 17.0 Å². The molecule has 14 nitrogen and oxygen atoms in total. The van der Waals surface area contributed by atoms with Crippen LogP contribution in [0.15, 0.2) is 76.9 Å². The van der Waals surface area contributed by atoms with Crippen molar-refractivity contribution in [3.05, 3.63) is 69.8 Å². The molecule has 6 rings (SSSR count). The number of oxazole rings is 2. The van der Waals surface area contributed by atoms with Gasteiger partial charge in [-0.05, 0) is 84.9 Å². The molecule has 45 heavy (non-hydrogen) atoms. The van der Waals surface area contributed by atoms with Crippen LogP contribution in [0, 0.1) is 0 Å². The average molecular weight is 659 g/mol. The number of sulfonamides is 2. The van der Waals surface area contributed by atoms with E-state index in [0.29, 0.717) is 40.7 Å². The SMILES string of the molecule is CC(C)n1c(=O)oc2cc(S(=O)(=O)N(c3ccnn3C3CCN(C)CC3)S(=O)(=O)c3ccc4c(c3)oc(=O)n4C(C)C)ccc21. The number of likely N-dealkylation sites (tertiary alicyclic amines) is 1. The van der Waals surface area contributed by atoms with Crippen LogP contribution >= 0.6 is 0 Å². The lowest BCUT2D eigenvalue weighted by molar-refractivity contribution is 0.213. The van der Waals surface area contributed by atoms with Crippen molar-refractivity contribution in [2.24, 2.45) is 0 Å². The maximum Gasteiger partial charge on any atom is 0.420 e. The Morgan fingerprint density at radius 3 is 1.69 bits per heavy atom. The third-order valence-electron chi connectivity index (χ3n) is 8.11. The molecule has 5 aromatic rings. The van der Waals surface area contributed by atoms with Gasteiger partial charge in [-0.3, -0.25) is 9.13 Å². The number of hydrogen-bond donors (Lipinski definition) is 0. The van der Waals surface area contributed by atoms with Crippen LogP contribution in [0.3, 0.4) is 0 Å². The van der Waals surface area contributed by atoms with Gasteiger partial charge in [0.05, 0.1) is 33.1 Å². The summed E-state index contributed by atoms with van der Waals surface area (Å²) in [5, 5.41) is 4.37. The normalized spacial score (nSPS) is 15.6. The standard InChI is InChI=1S/C29H34N6O8S2/c1-18(2)32-23-8-6-21(16-25(23)42-28(32)36)44(38,39)35(27-10-13-30-34(27)20-11-14-31(5)15-12-20)45(40,41)22-7-9-24-26(17-22)43-29(37)33(24)19(3)4/h6-10,13,16-20H,11-12,14-15H2,1-5H3. The van der Waals surface area contributed by atoms with Crippen molar-refractivity contribution in [1.82, 2.24) is 23.8 Å². The van der Waals surface area contributed by atoms with Gasteiger partial charge >= 0.3 is 11.5 Å². The Bertz CT molecular complexity index is 2120. The third kappa shape index (κ3) is 5.10. The Morgan fingerprint density at radius 1 is 0.778 bits per heavy atom. The Labute approximate surface area is 259 Å². The van der Waals surface area contributed by atoms with Crippen LogP contribution in [0.1, 0.15) is 58.7 Å². The highest BCUT2D eigenvalue weighted by atomic mass is 32.3. The van der Waals surface area contributed by atoms with Crippen LogP contribution in [-0.4, -0.2) is 60.8 Å². The molecule has 0 unspecified atom stereocenters. The molecule has 1 aliphatic heterocycles. The summed E-state index contributed by atoms with van der Waals surface area (Å²) in [5.41, 5.74) is 0.730. The molecule has 0 atom stereocenters. The zero-order valence-electron chi connectivity index (χ0n) is 25.4. The van der Waals surface area contributed by atoms with Gasteiger partial charge < -0.3 is 13.7 Å². The quantitative estimate of drug-likeness (QED) is 0.240. The molecule has 0 radical (unpaired) electrons. The Morgan fingerprint density at radius 2 is 1.24 bits per heavy atom. The van der Waals surface area contributed by atoms with E-state index in [2.05, 4.69) is 10.00 Å². The average Bonchev–Trinajstić information content (AvgIpc) is 3.66. The van der Waals surface area contributed by atoms with Gasteiger partial charge in [0.2, 0.25) is 0 Å². The highest BCUT2D eigenvalue weighted by molar-refractivity contribution is 8.10. The summed E-state index contributed by atoms with van der Waals surface area (Å²) in [6.45, 7) is 8.58. The molecule has 3 aromatic heterocycles. The minimum Gasteiger partial charge on any atom is -0.408 e. The maximum atomic E-state index is 14.5. The van der Waals surface area contributed by atoms with Gasteiger partial charge in [0, 0.05) is 30.3 Å². The summed E-state index contributed by atoms with van der Waals surface area (Å²) in [6, 6.07) is 8.18. The minimum atomic E-state index is -4.88. The van der Waals surface area contributed by atoms with Crippen molar-refractivity contribution >= 4 is 48.1 Å². The Balaban J connectivity index is 1.55. The van der Waals surface area contributed by atoms with E-state index in [0.717, 1.165) is 12.1 Å². The van der Waals surface area contributed by atoms with Crippen LogP contribution in [0.4, 0.5) is 5.82 Å². The van der Waals surface area contributed by atoms with E-state index in [1.165, 1.54) is 50.3 Å². The maximum absolute atomic E-state index is 14.5. The van der Waals surface area contributed by atoms with E-state index < -0.39 is 41.3 Å². The van der Waals surface area contributed by atoms with Gasteiger partial charge in [-0.2, -0.15) is 21.9 Å². The molecule has 1 fully saturated rings. The van der Waals surface area contributed by atoms with Crippen LogP contribution in [0.25, 0.3) is 22.2 Å². The molecule has 0 N–H and O–H groups in total. The molecule has 2 aromatic carbocycles. The predicted molar refractivity (Wildman–Crippen MR) is 167 cm³/mol. The largest absolute Gasteiger partial charge is 0.420 e. The molecular weight excluding hydrogens is 624 g/mol. The second-order valence-corrected chi connectivity index (χ2v) is 15.6. The second kappa shape index (κ2) is 11.0. The topological polar surface area (TPSA) is 163 Å². The van der Waals surface area contributed by atoms with Crippen molar-refractivity contribution in [1.29, 1.82) is 0 Å². The van der Waals surface area contributed by atoms with Crippen LogP contribution in [0.2, 0.25) is 0 Å². The van der Waals surface area contributed by atoms with Crippen molar-refractivity contribution in [3.63, 3.8) is 0 Å². The summed E-state index contributed by atoms with van der Waals surface area (Å²) in [4.78, 5) is 26.4. The molecule has 0 saturated carbocycles. The number of aromatic nitrogens is 4. The molecule has 0 aliphatic carbocycles. The molecule has 1 saturated heterocycles. The highest BCUT2D eigenvalue weighted by Crippen LogP contribution is 2.36. The molecule has 16 heteroatoms. The number of hydrogen-bond acceptors (Lipinski definition) is 10. The minimum absolute atomic E-state index is 0.00540. The van der Waals surface area contributed by atoms with Crippen molar-refractivity contribution in [2.75, 3.05) is 23.8 Å². The van der Waals surface area contributed by atoms with Crippen LogP contribution < -0.4 is 15.2 Å². The number of piperidine rings is 1. The van der Waals surface area contributed by atoms with Crippen LogP contribution in [-0.2, 0) is 20.0 Å². The lowest BCUT2D eigenvalue weighted by Crippen LogP contribution is -2.40. The Kier molecular flexibility index (Phi) is 7.56. The number of anilines is 1. The van der Waals surface area contributed by atoms with Gasteiger partial charge in [0.25, 0.3) is 20.0 Å². The lowest BCUT2D eigenvalue weighted by atomic mass is 10.1. The van der Waals surface area contributed by atoms with Gasteiger partial charge in [0.1, 0.15) is 0 Å². The van der Waals surface area contributed by atoms with E-state index in [9.17, 15) is 26.4 Å². The molecule has 1 aliphatic rings. The Hall–Kier alpha value is -4.15. The fourth-order valence-electron chi connectivity index (χ4n) is 5.87. The van der Waals surface area contributed by atoms with Gasteiger partial charge in [-0.15, -0.1) is 3.71 Å². The number of fused-ring (bicyclic) bond motifs is 2. The van der Waals surface area contributed by atoms with E-state index in [-0.39, 0.29) is 35.1 Å². The third-order valence-corrected chi connectivity index (χ3v) is 12.2. The first-order valence-electron chi connectivity index (χ1n) is 14.5. The molecule has 4 heterocycles. The van der Waals surface area contributed by atoms with E-state index >= 15 is 0 Å². The first-order valence-corrected chi connectivity index (χ1v) is 17.4. The van der Waals surface area contributed by atoms with Gasteiger partial charge in [-0.25, -0.2) is 14.3 Å². The summed E-state index contributed by atoms with van der Waals surface area (Å²) in [7, 11) is -7.79. The summed E-state index contributed by atoms with van der Waals surface area (Å²) in [6.07, 6.45) is 2.61. The number of nitrogens with zero attached hydrogens (tertiary/aromatic N) is 6. The molecule has 0 bridgehead atoms.